The van der Waals surface area contributed by atoms with Crippen molar-refractivity contribution < 1.29 is 0 Å². The molecule has 2 heterocycles. The van der Waals surface area contributed by atoms with Crippen LogP contribution in [0.2, 0.25) is 0 Å². The molecular weight excluding hydrogens is 286 g/mol. The van der Waals surface area contributed by atoms with Crippen molar-refractivity contribution in [2.45, 2.75) is 25.9 Å². The van der Waals surface area contributed by atoms with Crippen LogP contribution in [0.15, 0.2) is 27.5 Å². The molecule has 5 heteroatoms. The van der Waals surface area contributed by atoms with Gasteiger partial charge in [0, 0.05) is 6.04 Å². The van der Waals surface area contributed by atoms with Gasteiger partial charge >= 0.3 is 0 Å². The highest BCUT2D eigenvalue weighted by molar-refractivity contribution is 9.10. The lowest BCUT2D eigenvalue weighted by atomic mass is 10.1. The Kier molecular flexibility index (Phi) is 3.47. The van der Waals surface area contributed by atoms with Gasteiger partial charge in [-0.15, -0.1) is 0 Å². The summed E-state index contributed by atoms with van der Waals surface area (Å²) in [4.78, 5) is 0. The van der Waals surface area contributed by atoms with E-state index in [2.05, 4.69) is 46.3 Å². The van der Waals surface area contributed by atoms with Gasteiger partial charge in [0.05, 0.1) is 22.4 Å². The van der Waals surface area contributed by atoms with Crippen LogP contribution in [0.4, 0.5) is 0 Å². The van der Waals surface area contributed by atoms with Crippen LogP contribution in [0, 0.1) is 0 Å². The van der Waals surface area contributed by atoms with Crippen molar-refractivity contribution in [1.82, 2.24) is 9.78 Å². The summed E-state index contributed by atoms with van der Waals surface area (Å²) in [5.74, 6) is 0. The maximum absolute atomic E-state index is 6.26. The zero-order valence-electron chi connectivity index (χ0n) is 9.22. The number of aromatic nitrogens is 2. The van der Waals surface area contributed by atoms with Crippen LogP contribution in [-0.4, -0.2) is 9.78 Å². The van der Waals surface area contributed by atoms with E-state index in [-0.39, 0.29) is 6.04 Å². The molecule has 86 valence electrons. The first-order valence-electron chi connectivity index (χ1n) is 5.12. The fraction of sp³-hybridized carbons (Fsp3) is 0.364. The van der Waals surface area contributed by atoms with Gasteiger partial charge in [-0.25, -0.2) is 0 Å². The van der Waals surface area contributed by atoms with E-state index in [1.165, 1.54) is 0 Å². The monoisotopic (exact) mass is 299 g/mol. The Labute approximate surface area is 107 Å². The summed E-state index contributed by atoms with van der Waals surface area (Å²) in [5.41, 5.74) is 8.43. The predicted molar refractivity (Wildman–Crippen MR) is 70.7 cm³/mol. The molecule has 0 aliphatic carbocycles. The van der Waals surface area contributed by atoms with Gasteiger partial charge in [-0.1, -0.05) is 0 Å². The second-order valence-electron chi connectivity index (χ2n) is 3.95. The molecule has 0 fully saturated rings. The summed E-state index contributed by atoms with van der Waals surface area (Å²) in [6.07, 6.45) is 1.81. The highest BCUT2D eigenvalue weighted by Crippen LogP contribution is 2.29. The van der Waals surface area contributed by atoms with E-state index in [1.54, 1.807) is 11.3 Å². The molecule has 1 atom stereocenters. The SMILES string of the molecule is CC(C)n1ncc(Br)c1C(N)c1ccsc1. The van der Waals surface area contributed by atoms with Gasteiger partial charge in [0.15, 0.2) is 0 Å². The second kappa shape index (κ2) is 4.69. The van der Waals surface area contributed by atoms with Gasteiger partial charge in [-0.05, 0) is 52.2 Å². The molecule has 0 saturated heterocycles. The van der Waals surface area contributed by atoms with Crippen LogP contribution in [0.1, 0.15) is 37.2 Å². The first kappa shape index (κ1) is 11.8. The molecule has 16 heavy (non-hydrogen) atoms. The average molecular weight is 300 g/mol. The molecule has 0 spiro atoms. The fourth-order valence-electron chi connectivity index (χ4n) is 1.66. The normalized spacial score (nSPS) is 13.3. The summed E-state index contributed by atoms with van der Waals surface area (Å²) >= 11 is 5.17. The van der Waals surface area contributed by atoms with Gasteiger partial charge in [0.1, 0.15) is 0 Å². The lowest BCUT2D eigenvalue weighted by molar-refractivity contribution is 0.499. The number of rotatable bonds is 3. The number of hydrogen-bond acceptors (Lipinski definition) is 3. The zero-order valence-corrected chi connectivity index (χ0v) is 11.6. The van der Waals surface area contributed by atoms with E-state index in [9.17, 15) is 0 Å². The van der Waals surface area contributed by atoms with Gasteiger partial charge < -0.3 is 5.73 Å². The predicted octanol–water partition coefficient (Wildman–Crippen LogP) is 3.34. The minimum absolute atomic E-state index is 0.120. The van der Waals surface area contributed by atoms with Gasteiger partial charge in [0.2, 0.25) is 0 Å². The number of thiophene rings is 1. The average Bonchev–Trinajstić information content (AvgIpc) is 2.84. The molecule has 3 nitrogen and oxygen atoms in total. The first-order chi connectivity index (χ1) is 7.61. The summed E-state index contributed by atoms with van der Waals surface area (Å²) < 4.78 is 2.94. The van der Waals surface area contributed by atoms with Crippen molar-refractivity contribution in [3.05, 3.63) is 38.8 Å². The van der Waals surface area contributed by atoms with E-state index < -0.39 is 0 Å². The summed E-state index contributed by atoms with van der Waals surface area (Å²) in [6.45, 7) is 4.20. The Morgan fingerprint density at radius 3 is 2.81 bits per heavy atom. The zero-order chi connectivity index (χ0) is 11.7. The number of hydrogen-bond donors (Lipinski definition) is 1. The molecule has 0 aromatic carbocycles. The van der Waals surface area contributed by atoms with Crippen molar-refractivity contribution in [2.75, 3.05) is 0 Å². The maximum Gasteiger partial charge on any atom is 0.0743 e. The largest absolute Gasteiger partial charge is 0.319 e. The van der Waals surface area contributed by atoms with Crippen LogP contribution in [-0.2, 0) is 0 Å². The number of nitrogens with two attached hydrogens (primary N) is 1. The van der Waals surface area contributed by atoms with Crippen LogP contribution >= 0.6 is 27.3 Å². The third-order valence-electron chi connectivity index (χ3n) is 2.47. The van der Waals surface area contributed by atoms with E-state index >= 15 is 0 Å². The number of halogens is 1. The van der Waals surface area contributed by atoms with E-state index in [4.69, 9.17) is 5.73 Å². The number of nitrogens with zero attached hydrogens (tertiary/aromatic N) is 2. The third kappa shape index (κ3) is 2.07. The van der Waals surface area contributed by atoms with Gasteiger partial charge in [-0.2, -0.15) is 16.4 Å². The molecular formula is C11H14BrN3S. The van der Waals surface area contributed by atoms with Crippen LogP contribution in [0.3, 0.4) is 0 Å². The van der Waals surface area contributed by atoms with Crippen molar-refractivity contribution >= 4 is 27.3 Å². The van der Waals surface area contributed by atoms with E-state index in [1.807, 2.05) is 16.3 Å². The molecule has 0 saturated carbocycles. The Morgan fingerprint density at radius 1 is 1.50 bits per heavy atom. The van der Waals surface area contributed by atoms with Crippen molar-refractivity contribution in [1.29, 1.82) is 0 Å². The lowest BCUT2D eigenvalue weighted by Gasteiger charge is -2.16. The molecule has 0 aliphatic rings. The molecule has 0 amide bonds. The first-order valence-corrected chi connectivity index (χ1v) is 6.85. The van der Waals surface area contributed by atoms with E-state index in [0.29, 0.717) is 6.04 Å². The Balaban J connectivity index is 2.43. The molecule has 2 N–H and O–H groups in total. The quantitative estimate of drug-likeness (QED) is 0.945. The minimum Gasteiger partial charge on any atom is -0.319 e. The lowest BCUT2D eigenvalue weighted by Crippen LogP contribution is -2.18. The minimum atomic E-state index is -0.120. The standard InChI is InChI=1S/C11H14BrN3S/c1-7(2)15-11(9(12)5-14-15)10(13)8-3-4-16-6-8/h3-7,10H,13H2,1-2H3. The highest BCUT2D eigenvalue weighted by atomic mass is 79.9. The second-order valence-corrected chi connectivity index (χ2v) is 5.58. The fourth-order valence-corrected chi connectivity index (χ4v) is 2.88. The Hall–Kier alpha value is -0.650. The molecule has 0 aliphatic heterocycles. The molecule has 0 radical (unpaired) electrons. The Morgan fingerprint density at radius 2 is 2.25 bits per heavy atom. The third-order valence-corrected chi connectivity index (χ3v) is 3.79. The maximum atomic E-state index is 6.26. The molecule has 2 rings (SSSR count). The summed E-state index contributed by atoms with van der Waals surface area (Å²) in [7, 11) is 0. The van der Waals surface area contributed by atoms with Gasteiger partial charge in [-0.3, -0.25) is 4.68 Å². The smallest absolute Gasteiger partial charge is 0.0743 e. The van der Waals surface area contributed by atoms with Crippen molar-refractivity contribution in [3.63, 3.8) is 0 Å². The Bertz CT molecular complexity index is 462. The van der Waals surface area contributed by atoms with Crippen LogP contribution < -0.4 is 5.73 Å². The molecule has 2 aromatic rings. The van der Waals surface area contributed by atoms with Gasteiger partial charge in [0.25, 0.3) is 0 Å². The molecule has 1 unspecified atom stereocenters. The summed E-state index contributed by atoms with van der Waals surface area (Å²) in [6, 6.07) is 2.25. The van der Waals surface area contributed by atoms with Crippen LogP contribution in [0.25, 0.3) is 0 Å². The molecule has 2 aromatic heterocycles. The topological polar surface area (TPSA) is 43.8 Å². The molecule has 0 bridgehead atoms. The van der Waals surface area contributed by atoms with Crippen LogP contribution in [0.5, 0.6) is 0 Å². The van der Waals surface area contributed by atoms with Crippen molar-refractivity contribution in [2.24, 2.45) is 5.73 Å². The van der Waals surface area contributed by atoms with E-state index in [0.717, 1.165) is 15.7 Å². The van der Waals surface area contributed by atoms with Crippen molar-refractivity contribution in [3.8, 4) is 0 Å². The highest BCUT2D eigenvalue weighted by Gasteiger charge is 2.19. The summed E-state index contributed by atoms with van der Waals surface area (Å²) in [5, 5.41) is 8.46.